The minimum absolute atomic E-state index is 0. The van der Waals surface area contributed by atoms with Gasteiger partial charge in [0.1, 0.15) is 0 Å². The third kappa shape index (κ3) is 4.52. The number of carbonyl (C=O) groups excluding carboxylic acids is 2. The second-order valence-corrected chi connectivity index (χ2v) is 4.69. The van der Waals surface area contributed by atoms with Crippen LogP contribution in [-0.2, 0) is 9.59 Å². The lowest BCUT2D eigenvalue weighted by atomic mass is 9.90. The maximum absolute atomic E-state index is 11.9. The molecule has 17 heavy (non-hydrogen) atoms. The number of nitrogens with one attached hydrogen (secondary N) is 2. The Kier molecular flexibility index (Phi) is 6.49. The first-order chi connectivity index (χ1) is 7.46. The molecule has 0 aromatic rings. The molecule has 2 amide bonds. The van der Waals surface area contributed by atoms with Crippen molar-refractivity contribution in [3.8, 4) is 0 Å². The monoisotopic (exact) mass is 263 g/mol. The summed E-state index contributed by atoms with van der Waals surface area (Å²) in [6.45, 7) is 2.83. The highest BCUT2D eigenvalue weighted by Gasteiger charge is 2.34. The molecule has 0 spiro atoms. The van der Waals surface area contributed by atoms with E-state index in [0.717, 1.165) is 25.8 Å². The van der Waals surface area contributed by atoms with Crippen molar-refractivity contribution in [3.05, 3.63) is 0 Å². The fourth-order valence-corrected chi connectivity index (χ4v) is 1.76. The Morgan fingerprint density at radius 2 is 2.00 bits per heavy atom. The van der Waals surface area contributed by atoms with E-state index < -0.39 is 5.54 Å². The van der Waals surface area contributed by atoms with Crippen LogP contribution in [0.4, 0.5) is 0 Å². The van der Waals surface area contributed by atoms with E-state index >= 15 is 0 Å². The summed E-state index contributed by atoms with van der Waals surface area (Å²) in [6.07, 6.45) is 2.99. The van der Waals surface area contributed by atoms with Gasteiger partial charge in [0.25, 0.3) is 0 Å². The molecule has 1 aliphatic heterocycles. The van der Waals surface area contributed by atoms with Gasteiger partial charge < -0.3 is 15.5 Å². The van der Waals surface area contributed by atoms with Crippen LogP contribution in [0.5, 0.6) is 0 Å². The molecule has 0 aliphatic carbocycles. The van der Waals surface area contributed by atoms with Crippen LogP contribution in [0.15, 0.2) is 0 Å². The zero-order valence-corrected chi connectivity index (χ0v) is 11.5. The first-order valence-corrected chi connectivity index (χ1v) is 5.69. The van der Waals surface area contributed by atoms with E-state index in [-0.39, 0.29) is 30.8 Å². The molecule has 2 N–H and O–H groups in total. The molecular weight excluding hydrogens is 242 g/mol. The molecule has 1 heterocycles. The van der Waals surface area contributed by atoms with E-state index in [1.165, 1.54) is 4.90 Å². The van der Waals surface area contributed by atoms with Crippen LogP contribution >= 0.6 is 12.4 Å². The molecule has 1 fully saturated rings. The van der Waals surface area contributed by atoms with Crippen molar-refractivity contribution in [1.82, 2.24) is 15.5 Å². The summed E-state index contributed by atoms with van der Waals surface area (Å²) in [5.41, 5.74) is -0.509. The van der Waals surface area contributed by atoms with Gasteiger partial charge in [0, 0.05) is 14.1 Å². The van der Waals surface area contributed by atoms with Gasteiger partial charge in [-0.1, -0.05) is 0 Å². The largest absolute Gasteiger partial charge is 0.347 e. The van der Waals surface area contributed by atoms with E-state index in [9.17, 15) is 9.59 Å². The maximum atomic E-state index is 11.9. The van der Waals surface area contributed by atoms with Crippen molar-refractivity contribution in [3.63, 3.8) is 0 Å². The Balaban J connectivity index is 0.00000256. The Labute approximate surface area is 109 Å². The Morgan fingerprint density at radius 1 is 1.35 bits per heavy atom. The molecule has 1 aliphatic rings. The van der Waals surface area contributed by atoms with E-state index in [0.29, 0.717) is 0 Å². The smallest absolute Gasteiger partial charge is 0.241 e. The maximum Gasteiger partial charge on any atom is 0.241 e. The molecule has 1 saturated heterocycles. The molecule has 6 heteroatoms. The molecule has 1 unspecified atom stereocenters. The predicted molar refractivity (Wildman–Crippen MR) is 69.2 cm³/mol. The summed E-state index contributed by atoms with van der Waals surface area (Å²) in [6, 6.07) is 0. The van der Waals surface area contributed by atoms with Crippen molar-refractivity contribution in [2.24, 2.45) is 0 Å². The fourth-order valence-electron chi connectivity index (χ4n) is 1.76. The lowest BCUT2D eigenvalue weighted by molar-refractivity contribution is -0.133. The molecular formula is C11H22ClN3O2. The molecule has 0 aromatic carbocycles. The quantitative estimate of drug-likeness (QED) is 0.762. The van der Waals surface area contributed by atoms with Gasteiger partial charge in [0.15, 0.2) is 0 Å². The fraction of sp³-hybridized carbons (Fsp3) is 0.818. The number of nitrogens with zero attached hydrogens (tertiary/aromatic N) is 1. The molecule has 0 radical (unpaired) electrons. The molecule has 0 aromatic heterocycles. The highest BCUT2D eigenvalue weighted by Crippen LogP contribution is 2.18. The zero-order valence-electron chi connectivity index (χ0n) is 10.7. The number of likely N-dealkylation sites (N-methyl/N-ethyl adjacent to an activating group) is 1. The van der Waals surface area contributed by atoms with Gasteiger partial charge in [-0.25, -0.2) is 0 Å². The highest BCUT2D eigenvalue weighted by molar-refractivity contribution is 5.90. The van der Waals surface area contributed by atoms with Crippen LogP contribution in [0.3, 0.4) is 0 Å². The number of carbonyl (C=O) groups is 2. The van der Waals surface area contributed by atoms with Gasteiger partial charge in [0.05, 0.1) is 12.1 Å². The summed E-state index contributed by atoms with van der Waals surface area (Å²) < 4.78 is 0. The summed E-state index contributed by atoms with van der Waals surface area (Å²) in [4.78, 5) is 24.7. The van der Waals surface area contributed by atoms with Gasteiger partial charge >= 0.3 is 0 Å². The van der Waals surface area contributed by atoms with Crippen molar-refractivity contribution >= 4 is 24.2 Å². The zero-order chi connectivity index (χ0) is 12.2. The lowest BCUT2D eigenvalue weighted by Crippen LogP contribution is -2.57. The van der Waals surface area contributed by atoms with E-state index in [4.69, 9.17) is 0 Å². The third-order valence-corrected chi connectivity index (χ3v) is 3.02. The second-order valence-electron chi connectivity index (χ2n) is 4.69. The summed E-state index contributed by atoms with van der Waals surface area (Å²) in [7, 11) is 3.35. The van der Waals surface area contributed by atoms with Crippen molar-refractivity contribution in [2.75, 3.05) is 27.2 Å². The summed E-state index contributed by atoms with van der Waals surface area (Å²) in [5.74, 6) is -0.171. The van der Waals surface area contributed by atoms with Gasteiger partial charge in [-0.3, -0.25) is 9.59 Å². The second kappa shape index (κ2) is 6.81. The Morgan fingerprint density at radius 3 is 2.47 bits per heavy atom. The van der Waals surface area contributed by atoms with Crippen LogP contribution in [0, 0.1) is 0 Å². The average Bonchev–Trinajstić information content (AvgIpc) is 2.26. The van der Waals surface area contributed by atoms with E-state index in [1.54, 1.807) is 14.1 Å². The number of rotatable bonds is 3. The molecule has 5 nitrogen and oxygen atoms in total. The first-order valence-electron chi connectivity index (χ1n) is 5.69. The molecule has 0 bridgehead atoms. The van der Waals surface area contributed by atoms with Crippen molar-refractivity contribution in [1.29, 1.82) is 0 Å². The first kappa shape index (κ1) is 16.2. The Bertz CT molecular complexity index is 276. The van der Waals surface area contributed by atoms with Gasteiger partial charge in [-0.15, -0.1) is 12.4 Å². The lowest BCUT2D eigenvalue weighted by Gasteiger charge is -2.33. The van der Waals surface area contributed by atoms with Gasteiger partial charge in [-0.2, -0.15) is 0 Å². The number of hydrogen-bond acceptors (Lipinski definition) is 3. The topological polar surface area (TPSA) is 61.4 Å². The number of piperidine rings is 1. The molecule has 1 atom stereocenters. The molecule has 100 valence electrons. The number of halogens is 1. The number of amides is 2. The third-order valence-electron chi connectivity index (χ3n) is 3.02. The van der Waals surface area contributed by atoms with Crippen LogP contribution < -0.4 is 10.6 Å². The minimum Gasteiger partial charge on any atom is -0.347 e. The van der Waals surface area contributed by atoms with Crippen molar-refractivity contribution < 1.29 is 9.59 Å². The van der Waals surface area contributed by atoms with Crippen LogP contribution in [0.1, 0.15) is 26.2 Å². The van der Waals surface area contributed by atoms with Gasteiger partial charge in [-0.05, 0) is 32.7 Å². The SMILES string of the molecule is CN(C)C(=O)CNC(=O)C1(C)CCCCN1.Cl. The molecule has 0 saturated carbocycles. The predicted octanol–water partition coefficient (Wildman–Crippen LogP) is 0.145. The highest BCUT2D eigenvalue weighted by atomic mass is 35.5. The van der Waals surface area contributed by atoms with Crippen LogP contribution in [0.25, 0.3) is 0 Å². The van der Waals surface area contributed by atoms with E-state index in [1.807, 2.05) is 6.92 Å². The number of hydrogen-bond donors (Lipinski definition) is 2. The summed E-state index contributed by atoms with van der Waals surface area (Å²) in [5, 5.41) is 5.89. The van der Waals surface area contributed by atoms with Gasteiger partial charge in [0.2, 0.25) is 11.8 Å². The standard InChI is InChI=1S/C11H21N3O2.ClH/c1-11(6-4-5-7-13-11)10(16)12-8-9(15)14(2)3;/h13H,4-8H2,1-3H3,(H,12,16);1H. The van der Waals surface area contributed by atoms with Crippen LogP contribution in [-0.4, -0.2) is 49.4 Å². The minimum atomic E-state index is -0.509. The molecule has 1 rings (SSSR count). The summed E-state index contributed by atoms with van der Waals surface area (Å²) >= 11 is 0. The Hall–Kier alpha value is -0.810. The average molecular weight is 264 g/mol. The van der Waals surface area contributed by atoms with Crippen molar-refractivity contribution in [2.45, 2.75) is 31.7 Å². The van der Waals surface area contributed by atoms with E-state index in [2.05, 4.69) is 10.6 Å². The normalized spacial score (nSPS) is 23.5. The van der Waals surface area contributed by atoms with Crippen LogP contribution in [0.2, 0.25) is 0 Å².